The van der Waals surface area contributed by atoms with E-state index in [-0.39, 0.29) is 6.61 Å². The van der Waals surface area contributed by atoms with Gasteiger partial charge in [-0.05, 0) is 30.4 Å². The van der Waals surface area contributed by atoms with Crippen LogP contribution in [0.1, 0.15) is 25.1 Å². The molecule has 0 bridgehead atoms. The first-order valence-corrected chi connectivity index (χ1v) is 8.40. The van der Waals surface area contributed by atoms with Crippen molar-refractivity contribution in [2.75, 3.05) is 13.1 Å². The van der Waals surface area contributed by atoms with Crippen molar-refractivity contribution in [3.05, 3.63) is 17.0 Å². The fraction of sp³-hybridized carbons (Fsp3) is 0.667. The predicted octanol–water partition coefficient (Wildman–Crippen LogP) is 1.91. The second kappa shape index (κ2) is 5.28. The van der Waals surface area contributed by atoms with Gasteiger partial charge in [-0.3, -0.25) is 0 Å². The summed E-state index contributed by atoms with van der Waals surface area (Å²) in [5.74, 6) is 0.971. The minimum Gasteiger partial charge on any atom is -0.391 e. The maximum absolute atomic E-state index is 12.4. The van der Waals surface area contributed by atoms with Crippen LogP contribution < -0.4 is 0 Å². The topological polar surface area (TPSA) is 57.6 Å². The van der Waals surface area contributed by atoms with E-state index in [1.54, 1.807) is 16.4 Å². The SMILES string of the molecule is CC1CCN(S(=O)(=O)c2ccc(CO)s2)CC1C. The van der Waals surface area contributed by atoms with E-state index in [1.807, 2.05) is 0 Å². The van der Waals surface area contributed by atoms with Gasteiger partial charge in [-0.2, -0.15) is 4.31 Å². The van der Waals surface area contributed by atoms with Crippen molar-refractivity contribution in [2.24, 2.45) is 11.8 Å². The molecule has 1 aliphatic rings. The highest BCUT2D eigenvalue weighted by atomic mass is 32.2. The lowest BCUT2D eigenvalue weighted by molar-refractivity contribution is 0.213. The van der Waals surface area contributed by atoms with E-state index < -0.39 is 10.0 Å². The number of aliphatic hydroxyl groups excluding tert-OH is 1. The number of hydrogen-bond donors (Lipinski definition) is 1. The average molecular weight is 289 g/mol. The van der Waals surface area contributed by atoms with Crippen LogP contribution in [0.25, 0.3) is 0 Å². The number of thiophene rings is 1. The molecule has 1 N–H and O–H groups in total. The smallest absolute Gasteiger partial charge is 0.252 e. The van der Waals surface area contributed by atoms with Crippen LogP contribution in [-0.2, 0) is 16.6 Å². The van der Waals surface area contributed by atoms with Gasteiger partial charge in [0.2, 0.25) is 0 Å². The highest BCUT2D eigenvalue weighted by molar-refractivity contribution is 7.91. The molecular weight excluding hydrogens is 270 g/mol. The molecule has 0 aliphatic carbocycles. The zero-order valence-corrected chi connectivity index (χ0v) is 12.3. The van der Waals surface area contributed by atoms with E-state index in [2.05, 4.69) is 13.8 Å². The lowest BCUT2D eigenvalue weighted by Crippen LogP contribution is -2.41. The van der Waals surface area contributed by atoms with Crippen molar-refractivity contribution in [1.29, 1.82) is 0 Å². The number of sulfonamides is 1. The fourth-order valence-corrected chi connectivity index (χ4v) is 5.08. The Bertz CT molecular complexity index is 509. The third-order valence-corrected chi connectivity index (χ3v) is 7.09. The summed E-state index contributed by atoms with van der Waals surface area (Å²) >= 11 is 1.16. The molecule has 1 fully saturated rings. The molecule has 6 heteroatoms. The van der Waals surface area contributed by atoms with Gasteiger partial charge in [0.25, 0.3) is 10.0 Å². The van der Waals surface area contributed by atoms with Gasteiger partial charge in [-0.25, -0.2) is 8.42 Å². The second-order valence-corrected chi connectivity index (χ2v) is 8.32. The average Bonchev–Trinajstić information content (AvgIpc) is 2.81. The first-order chi connectivity index (χ1) is 8.45. The number of rotatable bonds is 3. The first kappa shape index (κ1) is 14.0. The van der Waals surface area contributed by atoms with E-state index in [1.165, 1.54) is 0 Å². The highest BCUT2D eigenvalue weighted by Crippen LogP contribution is 2.30. The van der Waals surface area contributed by atoms with Crippen LogP contribution in [0.15, 0.2) is 16.3 Å². The number of piperidine rings is 1. The number of hydrogen-bond acceptors (Lipinski definition) is 4. The largest absolute Gasteiger partial charge is 0.391 e. The molecule has 2 heterocycles. The predicted molar refractivity (Wildman–Crippen MR) is 71.9 cm³/mol. The molecule has 1 saturated heterocycles. The minimum atomic E-state index is -3.37. The summed E-state index contributed by atoms with van der Waals surface area (Å²) in [7, 11) is -3.37. The summed E-state index contributed by atoms with van der Waals surface area (Å²) in [6.07, 6.45) is 0.915. The molecule has 0 saturated carbocycles. The third kappa shape index (κ3) is 2.61. The van der Waals surface area contributed by atoms with Gasteiger partial charge in [0, 0.05) is 18.0 Å². The van der Waals surface area contributed by atoms with Crippen LogP contribution in [0, 0.1) is 11.8 Å². The van der Waals surface area contributed by atoms with Gasteiger partial charge >= 0.3 is 0 Å². The van der Waals surface area contributed by atoms with Crippen LogP contribution in [0.3, 0.4) is 0 Å². The Morgan fingerprint density at radius 3 is 2.67 bits per heavy atom. The quantitative estimate of drug-likeness (QED) is 0.924. The Labute approximate surface area is 112 Å². The number of nitrogens with zero attached hydrogens (tertiary/aromatic N) is 1. The van der Waals surface area contributed by atoms with Gasteiger partial charge in [-0.15, -0.1) is 11.3 Å². The number of aliphatic hydroxyl groups is 1. The molecule has 2 rings (SSSR count). The normalized spacial score (nSPS) is 26.4. The third-order valence-electron chi connectivity index (χ3n) is 3.68. The highest BCUT2D eigenvalue weighted by Gasteiger charge is 2.32. The molecule has 2 atom stereocenters. The Hall–Kier alpha value is -0.430. The van der Waals surface area contributed by atoms with Crippen molar-refractivity contribution in [3.63, 3.8) is 0 Å². The fourth-order valence-electron chi connectivity index (χ4n) is 2.15. The monoisotopic (exact) mass is 289 g/mol. The van der Waals surface area contributed by atoms with Crippen molar-refractivity contribution in [2.45, 2.75) is 31.1 Å². The summed E-state index contributed by atoms with van der Waals surface area (Å²) in [6, 6.07) is 3.27. The van der Waals surface area contributed by atoms with E-state index in [9.17, 15) is 8.42 Å². The molecule has 1 aliphatic heterocycles. The van der Waals surface area contributed by atoms with Gasteiger partial charge < -0.3 is 5.11 Å². The summed E-state index contributed by atoms with van der Waals surface area (Å²) in [4.78, 5) is 0.687. The van der Waals surface area contributed by atoms with Crippen molar-refractivity contribution < 1.29 is 13.5 Å². The first-order valence-electron chi connectivity index (χ1n) is 6.15. The summed E-state index contributed by atoms with van der Waals surface area (Å²) in [5, 5.41) is 9.01. The van der Waals surface area contributed by atoms with Gasteiger partial charge in [0.05, 0.1) is 6.61 Å². The van der Waals surface area contributed by atoms with E-state index in [0.717, 1.165) is 17.8 Å². The molecule has 0 amide bonds. The van der Waals surface area contributed by atoms with Crippen LogP contribution in [-0.4, -0.2) is 30.9 Å². The van der Waals surface area contributed by atoms with E-state index >= 15 is 0 Å². The second-order valence-electron chi connectivity index (χ2n) is 4.99. The summed E-state index contributed by atoms with van der Waals surface area (Å²) in [6.45, 7) is 5.35. The van der Waals surface area contributed by atoms with Crippen molar-refractivity contribution in [1.82, 2.24) is 4.31 Å². The van der Waals surface area contributed by atoms with Crippen LogP contribution in [0.4, 0.5) is 0 Å². The molecule has 0 radical (unpaired) electrons. The van der Waals surface area contributed by atoms with E-state index in [4.69, 9.17) is 5.11 Å². The standard InChI is InChI=1S/C12H19NO3S2/c1-9-5-6-13(7-10(9)2)18(15,16)12-4-3-11(8-14)17-12/h3-4,9-10,14H,5-8H2,1-2H3. The molecule has 1 aromatic rings. The lowest BCUT2D eigenvalue weighted by Gasteiger charge is -2.34. The summed E-state index contributed by atoms with van der Waals surface area (Å²) < 4.78 is 26.8. The van der Waals surface area contributed by atoms with Crippen LogP contribution >= 0.6 is 11.3 Å². The molecule has 4 nitrogen and oxygen atoms in total. The van der Waals surface area contributed by atoms with Gasteiger partial charge in [-0.1, -0.05) is 13.8 Å². The Balaban J connectivity index is 2.21. The summed E-state index contributed by atoms with van der Waals surface area (Å²) in [5.41, 5.74) is 0. The Morgan fingerprint density at radius 1 is 1.39 bits per heavy atom. The molecule has 0 spiro atoms. The maximum Gasteiger partial charge on any atom is 0.252 e. The Kier molecular flexibility index (Phi) is 4.11. The molecule has 2 unspecified atom stereocenters. The molecular formula is C12H19NO3S2. The zero-order valence-electron chi connectivity index (χ0n) is 10.7. The maximum atomic E-state index is 12.4. The molecule has 0 aromatic carbocycles. The van der Waals surface area contributed by atoms with Gasteiger partial charge in [0.15, 0.2) is 0 Å². The van der Waals surface area contributed by atoms with Gasteiger partial charge in [0.1, 0.15) is 4.21 Å². The lowest BCUT2D eigenvalue weighted by atomic mass is 9.90. The van der Waals surface area contributed by atoms with E-state index in [0.29, 0.717) is 34.0 Å². The molecule has 102 valence electrons. The zero-order chi connectivity index (χ0) is 13.3. The Morgan fingerprint density at radius 2 is 2.11 bits per heavy atom. The minimum absolute atomic E-state index is 0.104. The molecule has 18 heavy (non-hydrogen) atoms. The van der Waals surface area contributed by atoms with Crippen LogP contribution in [0.2, 0.25) is 0 Å². The van der Waals surface area contributed by atoms with Crippen molar-refractivity contribution in [3.8, 4) is 0 Å². The molecule has 1 aromatic heterocycles. The van der Waals surface area contributed by atoms with Crippen LogP contribution in [0.5, 0.6) is 0 Å². The van der Waals surface area contributed by atoms with Crippen molar-refractivity contribution >= 4 is 21.4 Å².